The van der Waals surface area contributed by atoms with Crippen LogP contribution >= 0.6 is 0 Å². The van der Waals surface area contributed by atoms with E-state index in [2.05, 4.69) is 9.97 Å². The van der Waals surface area contributed by atoms with Gasteiger partial charge in [0.15, 0.2) is 0 Å². The molecule has 0 aliphatic rings. The molecule has 1 aromatic carbocycles. The predicted octanol–water partition coefficient (Wildman–Crippen LogP) is 2.53. The molecule has 3 aromatic rings. The van der Waals surface area contributed by atoms with E-state index in [-0.39, 0.29) is 11.5 Å². The Balaban J connectivity index is 2.37. The van der Waals surface area contributed by atoms with Crippen LogP contribution in [-0.4, -0.2) is 24.7 Å². The van der Waals surface area contributed by atoms with Gasteiger partial charge in [0.2, 0.25) is 0 Å². The smallest absolute Gasteiger partial charge is 0.148 e. The van der Waals surface area contributed by atoms with E-state index < -0.39 is 0 Å². The van der Waals surface area contributed by atoms with Crippen LogP contribution in [0.2, 0.25) is 0 Å². The molecule has 0 saturated heterocycles. The minimum atomic E-state index is 0.0120. The van der Waals surface area contributed by atoms with Gasteiger partial charge in [-0.05, 0) is 25.1 Å². The third kappa shape index (κ3) is 1.71. The van der Waals surface area contributed by atoms with Crippen LogP contribution < -0.4 is 0 Å². The summed E-state index contributed by atoms with van der Waals surface area (Å²) in [7, 11) is 0. The summed E-state index contributed by atoms with van der Waals surface area (Å²) < 4.78 is 1.94. The van der Waals surface area contributed by atoms with Crippen LogP contribution in [0.3, 0.4) is 0 Å². The number of aromatic hydroxyl groups is 2. The van der Waals surface area contributed by atoms with E-state index in [4.69, 9.17) is 0 Å². The second kappa shape index (κ2) is 4.28. The summed E-state index contributed by atoms with van der Waals surface area (Å²) in [5, 5.41) is 19.9. The van der Waals surface area contributed by atoms with Gasteiger partial charge in [0.1, 0.15) is 28.4 Å². The summed E-state index contributed by atoms with van der Waals surface area (Å²) in [4.78, 5) is 8.50. The van der Waals surface area contributed by atoms with Crippen molar-refractivity contribution in [1.82, 2.24) is 14.5 Å². The maximum absolute atomic E-state index is 9.96. The number of rotatable bonds is 2. The molecule has 0 atom stereocenters. The van der Waals surface area contributed by atoms with Crippen LogP contribution in [0, 0.1) is 0 Å². The van der Waals surface area contributed by atoms with Crippen molar-refractivity contribution in [3.8, 4) is 22.9 Å². The number of phenolic OH excluding ortho intramolecular Hbond substituents is 2. The Morgan fingerprint density at radius 3 is 2.58 bits per heavy atom. The summed E-state index contributed by atoms with van der Waals surface area (Å²) in [5.41, 5.74) is 2.01. The third-order valence-electron chi connectivity index (χ3n) is 3.11. The Hall–Kier alpha value is -2.56. The van der Waals surface area contributed by atoms with Crippen molar-refractivity contribution in [1.29, 1.82) is 0 Å². The maximum atomic E-state index is 9.96. The van der Waals surface area contributed by atoms with Crippen molar-refractivity contribution in [2.75, 3.05) is 0 Å². The molecule has 0 aliphatic heterocycles. The zero-order chi connectivity index (χ0) is 13.4. The van der Waals surface area contributed by atoms with E-state index in [0.717, 1.165) is 11.0 Å². The second-order valence-electron chi connectivity index (χ2n) is 4.22. The zero-order valence-electron chi connectivity index (χ0n) is 10.4. The fraction of sp³-hybridized carbons (Fsp3) is 0.143. The lowest BCUT2D eigenvalue weighted by molar-refractivity contribution is 0.453. The van der Waals surface area contributed by atoms with E-state index in [9.17, 15) is 10.2 Å². The number of hydrogen-bond acceptors (Lipinski definition) is 4. The largest absolute Gasteiger partial charge is 0.507 e. The fourth-order valence-electron chi connectivity index (χ4n) is 2.25. The molecule has 3 rings (SSSR count). The molecule has 2 aromatic heterocycles. The molecule has 0 aliphatic carbocycles. The Labute approximate surface area is 109 Å². The van der Waals surface area contributed by atoms with Gasteiger partial charge in [-0.3, -0.25) is 4.98 Å². The highest BCUT2D eigenvalue weighted by atomic mass is 16.3. The lowest BCUT2D eigenvalue weighted by Crippen LogP contribution is -1.97. The van der Waals surface area contributed by atoms with Crippen LogP contribution in [0.1, 0.15) is 6.92 Å². The average molecular weight is 255 g/mol. The Morgan fingerprint density at radius 2 is 1.89 bits per heavy atom. The monoisotopic (exact) mass is 255 g/mol. The Kier molecular flexibility index (Phi) is 2.59. The number of pyridine rings is 1. The molecule has 96 valence electrons. The first kappa shape index (κ1) is 11.5. The predicted molar refractivity (Wildman–Crippen MR) is 72.0 cm³/mol. The number of imidazole rings is 1. The molecule has 5 heteroatoms. The normalized spacial score (nSPS) is 11.0. The number of aryl methyl sites for hydroxylation is 1. The number of aromatic nitrogens is 3. The summed E-state index contributed by atoms with van der Waals surface area (Å²) in [6, 6.07) is 6.53. The molecule has 5 nitrogen and oxygen atoms in total. The first-order valence-electron chi connectivity index (χ1n) is 6.04. The lowest BCUT2D eigenvalue weighted by Gasteiger charge is -2.09. The highest BCUT2D eigenvalue weighted by Crippen LogP contribution is 2.37. The highest BCUT2D eigenvalue weighted by molar-refractivity contribution is 5.83. The summed E-state index contributed by atoms with van der Waals surface area (Å²) in [6.07, 6.45) is 3.37. The van der Waals surface area contributed by atoms with Gasteiger partial charge in [-0.15, -0.1) is 0 Å². The first-order chi connectivity index (χ1) is 9.22. The van der Waals surface area contributed by atoms with E-state index in [0.29, 0.717) is 17.9 Å². The molecule has 19 heavy (non-hydrogen) atoms. The summed E-state index contributed by atoms with van der Waals surface area (Å²) in [6.45, 7) is 2.67. The number of nitrogens with zero attached hydrogens (tertiary/aromatic N) is 3. The van der Waals surface area contributed by atoms with Crippen molar-refractivity contribution in [2.24, 2.45) is 0 Å². The number of benzene rings is 1. The van der Waals surface area contributed by atoms with Gasteiger partial charge in [-0.2, -0.15) is 0 Å². The van der Waals surface area contributed by atoms with Crippen LogP contribution in [0.5, 0.6) is 11.5 Å². The van der Waals surface area contributed by atoms with E-state index in [1.54, 1.807) is 18.5 Å². The molecule has 0 amide bonds. The van der Waals surface area contributed by atoms with Crippen LogP contribution in [0.15, 0.2) is 36.7 Å². The minimum Gasteiger partial charge on any atom is -0.507 e. The maximum Gasteiger partial charge on any atom is 0.148 e. The second-order valence-corrected chi connectivity index (χ2v) is 4.22. The molecular weight excluding hydrogens is 242 g/mol. The van der Waals surface area contributed by atoms with Crippen LogP contribution in [-0.2, 0) is 6.54 Å². The van der Waals surface area contributed by atoms with Gasteiger partial charge in [0.25, 0.3) is 0 Å². The molecule has 0 unspecified atom stereocenters. The number of hydrogen-bond donors (Lipinski definition) is 2. The Bertz CT molecular complexity index is 729. The van der Waals surface area contributed by atoms with Crippen molar-refractivity contribution in [3.63, 3.8) is 0 Å². The van der Waals surface area contributed by atoms with Crippen LogP contribution in [0.4, 0.5) is 0 Å². The lowest BCUT2D eigenvalue weighted by atomic mass is 10.1. The van der Waals surface area contributed by atoms with Crippen molar-refractivity contribution >= 4 is 11.0 Å². The molecule has 0 fully saturated rings. The first-order valence-corrected chi connectivity index (χ1v) is 6.04. The molecule has 2 N–H and O–H groups in total. The minimum absolute atomic E-state index is 0.0120. The van der Waals surface area contributed by atoms with Gasteiger partial charge in [0, 0.05) is 12.7 Å². The molecule has 2 heterocycles. The van der Waals surface area contributed by atoms with E-state index in [1.165, 1.54) is 12.1 Å². The summed E-state index contributed by atoms with van der Waals surface area (Å²) in [5.74, 6) is 0.567. The average Bonchev–Trinajstić information content (AvgIpc) is 2.76. The number of phenols is 2. The Morgan fingerprint density at radius 1 is 1.16 bits per heavy atom. The van der Waals surface area contributed by atoms with Gasteiger partial charge in [-0.1, -0.05) is 6.07 Å². The van der Waals surface area contributed by atoms with Gasteiger partial charge < -0.3 is 14.8 Å². The van der Waals surface area contributed by atoms with Crippen molar-refractivity contribution < 1.29 is 10.2 Å². The van der Waals surface area contributed by atoms with E-state index in [1.807, 2.05) is 17.6 Å². The molecule has 0 radical (unpaired) electrons. The SMILES string of the molecule is CCn1c(-c2c(O)cccc2O)nc2cnccc21. The standard InChI is InChI=1S/C14H13N3O2/c1-2-17-10-6-7-15-8-9(10)16-14(17)13-11(18)4-3-5-12(13)19/h3-8,18-19H,2H2,1H3. The van der Waals surface area contributed by atoms with Crippen molar-refractivity contribution in [2.45, 2.75) is 13.5 Å². The fourth-order valence-corrected chi connectivity index (χ4v) is 2.25. The van der Waals surface area contributed by atoms with Gasteiger partial charge in [0.05, 0.1) is 11.7 Å². The molecule has 0 bridgehead atoms. The quantitative estimate of drug-likeness (QED) is 0.738. The van der Waals surface area contributed by atoms with Crippen molar-refractivity contribution in [3.05, 3.63) is 36.7 Å². The number of fused-ring (bicyclic) bond motifs is 1. The highest BCUT2D eigenvalue weighted by Gasteiger charge is 2.17. The van der Waals surface area contributed by atoms with Crippen LogP contribution in [0.25, 0.3) is 22.4 Å². The molecular formula is C14H13N3O2. The van der Waals surface area contributed by atoms with Gasteiger partial charge >= 0.3 is 0 Å². The topological polar surface area (TPSA) is 71.2 Å². The molecule has 0 saturated carbocycles. The molecule has 0 spiro atoms. The van der Waals surface area contributed by atoms with E-state index >= 15 is 0 Å². The van der Waals surface area contributed by atoms with Gasteiger partial charge in [-0.25, -0.2) is 4.98 Å². The summed E-state index contributed by atoms with van der Waals surface area (Å²) >= 11 is 0. The zero-order valence-corrected chi connectivity index (χ0v) is 10.4. The third-order valence-corrected chi connectivity index (χ3v) is 3.11.